The normalized spacial score (nSPS) is 11.3. The van der Waals surface area contributed by atoms with E-state index in [1.165, 1.54) is 6.07 Å². The van der Waals surface area contributed by atoms with Crippen molar-refractivity contribution in [2.75, 3.05) is 0 Å². The Labute approximate surface area is 117 Å². The summed E-state index contributed by atoms with van der Waals surface area (Å²) in [5.74, 6) is 0.233. The van der Waals surface area contributed by atoms with Crippen LogP contribution in [0, 0.1) is 12.7 Å². The van der Waals surface area contributed by atoms with Crippen LogP contribution in [-0.4, -0.2) is 29.7 Å². The maximum atomic E-state index is 13.6. The first-order valence-electron chi connectivity index (χ1n) is 6.20. The minimum Gasteiger partial charge on any atom is -0.332 e. The fraction of sp³-hybridized carbons (Fsp3) is 0.0769. The van der Waals surface area contributed by atoms with Gasteiger partial charge in [-0.05, 0) is 19.1 Å². The van der Waals surface area contributed by atoms with E-state index in [9.17, 15) is 4.39 Å². The molecule has 0 aliphatic carbocycles. The first kappa shape index (κ1) is 11.8. The van der Waals surface area contributed by atoms with Gasteiger partial charge in [-0.3, -0.25) is 5.10 Å². The van der Waals surface area contributed by atoms with Crippen molar-refractivity contribution < 1.29 is 8.91 Å². The minimum atomic E-state index is -0.408. The summed E-state index contributed by atoms with van der Waals surface area (Å²) in [5.41, 5.74) is 2.22. The van der Waals surface area contributed by atoms with Gasteiger partial charge in [0.25, 0.3) is 5.89 Å². The highest BCUT2D eigenvalue weighted by Crippen LogP contribution is 2.23. The molecule has 0 fully saturated rings. The molecule has 104 valence electrons. The number of rotatable bonds is 2. The minimum absolute atomic E-state index is 0.215. The molecule has 0 saturated carbocycles. The number of aromatic nitrogens is 6. The standard InChI is InChI=1S/C13H9FN6O/c1-7-8(5-15-18-7)11-17-13(21-19-11)10-6-20-4-2-3-9(14)12(20)16-10/h2-6H,1H3,(H,15,18). The molecule has 0 aliphatic heterocycles. The van der Waals surface area contributed by atoms with Crippen LogP contribution >= 0.6 is 0 Å². The van der Waals surface area contributed by atoms with Gasteiger partial charge in [0, 0.05) is 18.1 Å². The summed E-state index contributed by atoms with van der Waals surface area (Å²) in [7, 11) is 0. The zero-order valence-corrected chi connectivity index (χ0v) is 10.9. The van der Waals surface area contributed by atoms with Gasteiger partial charge in [-0.25, -0.2) is 9.37 Å². The molecule has 0 bridgehead atoms. The molecular weight excluding hydrogens is 275 g/mol. The van der Waals surface area contributed by atoms with Gasteiger partial charge < -0.3 is 8.92 Å². The summed E-state index contributed by atoms with van der Waals surface area (Å²) < 4.78 is 20.4. The molecule has 8 heteroatoms. The van der Waals surface area contributed by atoms with Crippen molar-refractivity contribution in [2.45, 2.75) is 6.92 Å². The van der Waals surface area contributed by atoms with Crippen molar-refractivity contribution >= 4 is 5.65 Å². The van der Waals surface area contributed by atoms with Crippen molar-refractivity contribution in [1.82, 2.24) is 29.7 Å². The molecule has 4 heterocycles. The van der Waals surface area contributed by atoms with Crippen LogP contribution in [0.5, 0.6) is 0 Å². The molecule has 1 N–H and O–H groups in total. The highest BCUT2D eigenvalue weighted by atomic mass is 19.1. The Kier molecular flexibility index (Phi) is 2.37. The van der Waals surface area contributed by atoms with Gasteiger partial charge in [0.15, 0.2) is 11.5 Å². The van der Waals surface area contributed by atoms with Gasteiger partial charge in [0.2, 0.25) is 5.82 Å². The number of nitrogens with zero attached hydrogens (tertiary/aromatic N) is 5. The monoisotopic (exact) mass is 284 g/mol. The second-order valence-electron chi connectivity index (χ2n) is 4.54. The average molecular weight is 284 g/mol. The summed E-state index contributed by atoms with van der Waals surface area (Å²) in [6.07, 6.45) is 4.96. The fourth-order valence-corrected chi connectivity index (χ4v) is 2.09. The van der Waals surface area contributed by atoms with Gasteiger partial charge in [-0.2, -0.15) is 10.1 Å². The first-order chi connectivity index (χ1) is 10.2. The van der Waals surface area contributed by atoms with Crippen LogP contribution in [0.1, 0.15) is 5.69 Å². The zero-order valence-electron chi connectivity index (χ0n) is 10.9. The van der Waals surface area contributed by atoms with E-state index in [0.717, 1.165) is 11.3 Å². The second-order valence-corrected chi connectivity index (χ2v) is 4.54. The lowest BCUT2D eigenvalue weighted by atomic mass is 10.2. The molecule has 4 rings (SSSR count). The van der Waals surface area contributed by atoms with E-state index in [1.807, 2.05) is 6.92 Å². The Morgan fingerprint density at radius 1 is 1.33 bits per heavy atom. The van der Waals surface area contributed by atoms with Crippen molar-refractivity contribution in [1.29, 1.82) is 0 Å². The predicted octanol–water partition coefficient (Wildman–Crippen LogP) is 2.22. The molecule has 0 aromatic carbocycles. The number of pyridine rings is 1. The van der Waals surface area contributed by atoms with E-state index in [2.05, 4.69) is 25.3 Å². The predicted molar refractivity (Wildman–Crippen MR) is 70.8 cm³/mol. The number of aromatic amines is 1. The molecule has 0 atom stereocenters. The fourth-order valence-electron chi connectivity index (χ4n) is 2.09. The van der Waals surface area contributed by atoms with Crippen LogP contribution in [0.25, 0.3) is 28.6 Å². The number of H-pyrrole nitrogens is 1. The molecule has 0 spiro atoms. The maximum Gasteiger partial charge on any atom is 0.278 e. The third-order valence-corrected chi connectivity index (χ3v) is 3.15. The lowest BCUT2D eigenvalue weighted by molar-refractivity contribution is 0.431. The third-order valence-electron chi connectivity index (χ3n) is 3.15. The van der Waals surface area contributed by atoms with E-state index < -0.39 is 5.82 Å². The molecular formula is C13H9FN6O. The largest absolute Gasteiger partial charge is 0.332 e. The Morgan fingerprint density at radius 2 is 2.24 bits per heavy atom. The summed E-state index contributed by atoms with van der Waals surface area (Å²) in [4.78, 5) is 8.44. The Balaban J connectivity index is 1.81. The van der Waals surface area contributed by atoms with Crippen LogP contribution < -0.4 is 0 Å². The third kappa shape index (κ3) is 1.80. The van der Waals surface area contributed by atoms with Gasteiger partial charge in [-0.1, -0.05) is 5.16 Å². The van der Waals surface area contributed by atoms with Crippen LogP contribution in [0.3, 0.4) is 0 Å². The molecule has 7 nitrogen and oxygen atoms in total. The average Bonchev–Trinajstić information content (AvgIpc) is 3.15. The summed E-state index contributed by atoms with van der Waals surface area (Å²) >= 11 is 0. The molecule has 0 amide bonds. The van der Waals surface area contributed by atoms with Crippen molar-refractivity contribution in [3.05, 3.63) is 42.2 Å². The number of hydrogen-bond donors (Lipinski definition) is 1. The molecule has 0 unspecified atom stereocenters. The number of halogens is 1. The molecule has 0 saturated heterocycles. The number of hydrogen-bond acceptors (Lipinski definition) is 5. The Bertz CT molecular complexity index is 937. The van der Waals surface area contributed by atoms with Gasteiger partial charge >= 0.3 is 0 Å². The van der Waals surface area contributed by atoms with Crippen LogP contribution in [0.2, 0.25) is 0 Å². The van der Waals surface area contributed by atoms with E-state index in [1.54, 1.807) is 29.1 Å². The smallest absolute Gasteiger partial charge is 0.278 e. The van der Waals surface area contributed by atoms with Crippen molar-refractivity contribution in [2.24, 2.45) is 0 Å². The number of fused-ring (bicyclic) bond motifs is 1. The van der Waals surface area contributed by atoms with Crippen LogP contribution in [0.15, 0.2) is 35.2 Å². The summed E-state index contributed by atoms with van der Waals surface area (Å²) in [6, 6.07) is 2.95. The van der Waals surface area contributed by atoms with Crippen LogP contribution in [-0.2, 0) is 0 Å². The maximum absolute atomic E-state index is 13.6. The molecule has 0 radical (unpaired) electrons. The molecule has 0 aliphatic rings. The number of aryl methyl sites for hydroxylation is 1. The number of imidazole rings is 1. The van der Waals surface area contributed by atoms with Crippen LogP contribution in [0.4, 0.5) is 4.39 Å². The zero-order chi connectivity index (χ0) is 14.4. The Hall–Kier alpha value is -3.03. The van der Waals surface area contributed by atoms with E-state index in [0.29, 0.717) is 11.5 Å². The van der Waals surface area contributed by atoms with Crippen molar-refractivity contribution in [3.63, 3.8) is 0 Å². The Morgan fingerprint density at radius 3 is 3.00 bits per heavy atom. The van der Waals surface area contributed by atoms with Gasteiger partial charge in [0.1, 0.15) is 5.69 Å². The van der Waals surface area contributed by atoms with E-state index >= 15 is 0 Å². The highest BCUT2D eigenvalue weighted by Gasteiger charge is 2.16. The molecule has 4 aromatic heterocycles. The molecule has 4 aromatic rings. The topological polar surface area (TPSA) is 84.9 Å². The summed E-state index contributed by atoms with van der Waals surface area (Å²) in [6.45, 7) is 1.86. The second kappa shape index (κ2) is 4.23. The summed E-state index contributed by atoms with van der Waals surface area (Å²) in [5, 5.41) is 10.6. The van der Waals surface area contributed by atoms with E-state index in [4.69, 9.17) is 4.52 Å². The lowest BCUT2D eigenvalue weighted by Gasteiger charge is -1.90. The molecule has 21 heavy (non-hydrogen) atoms. The number of nitrogens with one attached hydrogen (secondary N) is 1. The van der Waals surface area contributed by atoms with Crippen molar-refractivity contribution in [3.8, 4) is 23.0 Å². The SMILES string of the molecule is Cc1[nH]ncc1-c1noc(-c2cn3cccc(F)c3n2)n1. The van der Waals surface area contributed by atoms with Gasteiger partial charge in [0.05, 0.1) is 11.8 Å². The lowest BCUT2D eigenvalue weighted by Crippen LogP contribution is -1.85. The van der Waals surface area contributed by atoms with E-state index in [-0.39, 0.29) is 11.5 Å². The quantitative estimate of drug-likeness (QED) is 0.610. The first-order valence-corrected chi connectivity index (χ1v) is 6.20. The van der Waals surface area contributed by atoms with Gasteiger partial charge in [-0.15, -0.1) is 0 Å². The highest BCUT2D eigenvalue weighted by molar-refractivity contribution is 5.60.